The van der Waals surface area contributed by atoms with E-state index in [1.165, 1.54) is 29.6 Å². The monoisotopic (exact) mass is 301 g/mol. The molecule has 0 atom stereocenters. The Morgan fingerprint density at radius 2 is 2.05 bits per heavy atom. The number of benzene rings is 1. The van der Waals surface area contributed by atoms with Gasteiger partial charge >= 0.3 is 10.2 Å². The van der Waals surface area contributed by atoms with Crippen molar-refractivity contribution in [2.45, 2.75) is 12.8 Å². The van der Waals surface area contributed by atoms with Crippen molar-refractivity contribution in [2.24, 2.45) is 11.7 Å². The first-order chi connectivity index (χ1) is 9.45. The molecule has 0 radical (unpaired) electrons. The minimum absolute atomic E-state index is 0.325. The van der Waals surface area contributed by atoms with Crippen LogP contribution >= 0.6 is 0 Å². The largest absolute Gasteiger partial charge is 0.330 e. The number of rotatable bonds is 4. The standard InChI is InChI=1S/C13H20FN3O2S/c1-16(13-4-2-3-12(14)9-13)20(18,19)17-7-5-11(10-15)6-8-17/h2-4,9,11H,5-8,10,15H2,1H3. The first kappa shape index (κ1) is 15.2. The molecule has 1 saturated heterocycles. The minimum atomic E-state index is -3.60. The second-order valence-electron chi connectivity index (χ2n) is 5.03. The molecule has 0 aromatic heterocycles. The molecule has 1 aromatic rings. The summed E-state index contributed by atoms with van der Waals surface area (Å²) in [5, 5.41) is 0. The third-order valence-electron chi connectivity index (χ3n) is 3.75. The maximum Gasteiger partial charge on any atom is 0.303 e. The maximum atomic E-state index is 13.2. The molecule has 1 aliphatic rings. The van der Waals surface area contributed by atoms with Gasteiger partial charge < -0.3 is 5.73 Å². The molecule has 2 rings (SSSR count). The Bertz CT molecular complexity index is 556. The normalized spacial score (nSPS) is 18.1. The average molecular weight is 301 g/mol. The number of anilines is 1. The van der Waals surface area contributed by atoms with Crippen LogP contribution in [0.4, 0.5) is 10.1 Å². The van der Waals surface area contributed by atoms with Gasteiger partial charge in [-0.05, 0) is 43.5 Å². The molecule has 0 saturated carbocycles. The van der Waals surface area contributed by atoms with Crippen molar-refractivity contribution >= 4 is 15.9 Å². The lowest BCUT2D eigenvalue weighted by Crippen LogP contribution is -2.46. The number of hydrogen-bond acceptors (Lipinski definition) is 3. The van der Waals surface area contributed by atoms with Crippen molar-refractivity contribution in [3.8, 4) is 0 Å². The van der Waals surface area contributed by atoms with E-state index in [9.17, 15) is 12.8 Å². The topological polar surface area (TPSA) is 66.6 Å². The molecule has 5 nitrogen and oxygen atoms in total. The van der Waals surface area contributed by atoms with Crippen molar-refractivity contribution in [2.75, 3.05) is 31.0 Å². The molecule has 1 aromatic carbocycles. The highest BCUT2D eigenvalue weighted by atomic mass is 32.2. The van der Waals surface area contributed by atoms with Gasteiger partial charge in [0, 0.05) is 20.1 Å². The van der Waals surface area contributed by atoms with E-state index in [2.05, 4.69) is 0 Å². The second kappa shape index (κ2) is 6.07. The van der Waals surface area contributed by atoms with Gasteiger partial charge in [-0.1, -0.05) is 6.07 Å². The van der Waals surface area contributed by atoms with Gasteiger partial charge in [-0.3, -0.25) is 4.31 Å². The van der Waals surface area contributed by atoms with Gasteiger partial charge in [0.25, 0.3) is 0 Å². The third-order valence-corrected chi connectivity index (χ3v) is 5.67. The summed E-state index contributed by atoms with van der Waals surface area (Å²) in [5.74, 6) is -0.0627. The van der Waals surface area contributed by atoms with Gasteiger partial charge in [0.2, 0.25) is 0 Å². The van der Waals surface area contributed by atoms with Crippen LogP contribution in [0.3, 0.4) is 0 Å². The zero-order valence-corrected chi connectivity index (χ0v) is 12.3. The quantitative estimate of drug-likeness (QED) is 0.908. The van der Waals surface area contributed by atoms with E-state index in [1.807, 2.05) is 0 Å². The summed E-state index contributed by atoms with van der Waals surface area (Å²) >= 11 is 0. The van der Waals surface area contributed by atoms with Crippen molar-refractivity contribution in [3.05, 3.63) is 30.1 Å². The van der Waals surface area contributed by atoms with E-state index < -0.39 is 16.0 Å². The minimum Gasteiger partial charge on any atom is -0.330 e. The Morgan fingerprint density at radius 3 is 2.60 bits per heavy atom. The SMILES string of the molecule is CN(c1cccc(F)c1)S(=O)(=O)N1CCC(CN)CC1. The number of nitrogens with zero attached hydrogens (tertiary/aromatic N) is 2. The lowest BCUT2D eigenvalue weighted by molar-refractivity contribution is 0.278. The summed E-state index contributed by atoms with van der Waals surface area (Å²) < 4.78 is 40.7. The molecule has 0 bridgehead atoms. The molecular formula is C13H20FN3O2S. The number of hydrogen-bond donors (Lipinski definition) is 1. The van der Waals surface area contributed by atoms with Gasteiger partial charge in [0.05, 0.1) is 5.69 Å². The molecule has 112 valence electrons. The summed E-state index contributed by atoms with van der Waals surface area (Å²) in [5.41, 5.74) is 5.93. The third kappa shape index (κ3) is 3.11. The van der Waals surface area contributed by atoms with Crippen molar-refractivity contribution in [1.82, 2.24) is 4.31 Å². The Kier molecular flexibility index (Phi) is 4.62. The zero-order valence-electron chi connectivity index (χ0n) is 11.5. The van der Waals surface area contributed by atoms with Crippen LogP contribution in [-0.4, -0.2) is 39.4 Å². The maximum absolute atomic E-state index is 13.2. The van der Waals surface area contributed by atoms with Crippen LogP contribution in [0.25, 0.3) is 0 Å². The van der Waals surface area contributed by atoms with E-state index >= 15 is 0 Å². The lowest BCUT2D eigenvalue weighted by Gasteiger charge is -2.33. The molecule has 20 heavy (non-hydrogen) atoms. The smallest absolute Gasteiger partial charge is 0.303 e. The van der Waals surface area contributed by atoms with Gasteiger partial charge in [0.1, 0.15) is 5.82 Å². The van der Waals surface area contributed by atoms with E-state index in [-0.39, 0.29) is 0 Å². The predicted octanol–water partition coefficient (Wildman–Crippen LogP) is 1.18. The van der Waals surface area contributed by atoms with E-state index in [4.69, 9.17) is 5.73 Å². The Hall–Kier alpha value is -1.18. The van der Waals surface area contributed by atoms with Crippen LogP contribution in [-0.2, 0) is 10.2 Å². The van der Waals surface area contributed by atoms with Gasteiger partial charge in [-0.15, -0.1) is 0 Å². The van der Waals surface area contributed by atoms with E-state index in [0.29, 0.717) is 31.2 Å². The number of halogens is 1. The molecule has 1 aliphatic heterocycles. The molecule has 2 N–H and O–H groups in total. The molecule has 0 amide bonds. The predicted molar refractivity (Wildman–Crippen MR) is 77.1 cm³/mol. The number of piperidine rings is 1. The highest BCUT2D eigenvalue weighted by molar-refractivity contribution is 7.90. The molecular weight excluding hydrogens is 281 g/mol. The van der Waals surface area contributed by atoms with Crippen LogP contribution < -0.4 is 10.0 Å². The lowest BCUT2D eigenvalue weighted by atomic mass is 9.99. The summed E-state index contributed by atoms with van der Waals surface area (Å²) in [6.07, 6.45) is 1.54. The fourth-order valence-corrected chi connectivity index (χ4v) is 3.75. The first-order valence-corrected chi connectivity index (χ1v) is 8.04. The molecule has 1 fully saturated rings. The molecule has 0 spiro atoms. The molecule has 0 aliphatic carbocycles. The van der Waals surface area contributed by atoms with Crippen molar-refractivity contribution in [1.29, 1.82) is 0 Å². The van der Waals surface area contributed by atoms with E-state index in [1.54, 1.807) is 6.07 Å². The number of nitrogens with two attached hydrogens (primary N) is 1. The summed E-state index contributed by atoms with van der Waals surface area (Å²) in [4.78, 5) is 0. The molecule has 7 heteroatoms. The van der Waals surface area contributed by atoms with Crippen LogP contribution in [0.15, 0.2) is 24.3 Å². The van der Waals surface area contributed by atoms with Crippen LogP contribution in [0.2, 0.25) is 0 Å². The van der Waals surface area contributed by atoms with Gasteiger partial charge in [-0.25, -0.2) is 4.39 Å². The summed E-state index contributed by atoms with van der Waals surface area (Å²) in [6, 6.07) is 5.57. The Labute approximate surface area is 119 Å². The Balaban J connectivity index is 2.14. The Morgan fingerprint density at radius 1 is 1.40 bits per heavy atom. The highest BCUT2D eigenvalue weighted by Gasteiger charge is 2.31. The zero-order chi connectivity index (χ0) is 14.8. The van der Waals surface area contributed by atoms with Crippen LogP contribution in [0.1, 0.15) is 12.8 Å². The first-order valence-electron chi connectivity index (χ1n) is 6.65. The van der Waals surface area contributed by atoms with E-state index in [0.717, 1.165) is 17.1 Å². The fraction of sp³-hybridized carbons (Fsp3) is 0.538. The van der Waals surface area contributed by atoms with Crippen LogP contribution in [0.5, 0.6) is 0 Å². The van der Waals surface area contributed by atoms with Crippen molar-refractivity contribution < 1.29 is 12.8 Å². The van der Waals surface area contributed by atoms with Gasteiger partial charge in [0.15, 0.2) is 0 Å². The highest BCUT2D eigenvalue weighted by Crippen LogP contribution is 2.24. The average Bonchev–Trinajstić information content (AvgIpc) is 2.46. The fourth-order valence-electron chi connectivity index (χ4n) is 2.35. The molecule has 1 heterocycles. The summed E-state index contributed by atoms with van der Waals surface area (Å²) in [7, 11) is -2.16. The summed E-state index contributed by atoms with van der Waals surface area (Å²) in [6.45, 7) is 1.52. The van der Waals surface area contributed by atoms with Gasteiger partial charge in [-0.2, -0.15) is 12.7 Å². The molecule has 0 unspecified atom stereocenters. The van der Waals surface area contributed by atoms with Crippen molar-refractivity contribution in [3.63, 3.8) is 0 Å². The van der Waals surface area contributed by atoms with Crippen LogP contribution in [0, 0.1) is 11.7 Å². The second-order valence-corrected chi connectivity index (χ2v) is 6.99.